The molecule has 0 aliphatic rings. The molecule has 0 heterocycles. The maximum Gasteiger partial charge on any atom is 0.216 e. The first-order valence-electron chi connectivity index (χ1n) is 4.99. The topological polar surface area (TPSA) is 38.3 Å². The number of hydrogen-bond acceptors (Lipinski definition) is 2. The molecule has 1 amide bonds. The van der Waals surface area contributed by atoms with Crippen molar-refractivity contribution >= 4 is 5.91 Å². The zero-order valence-corrected chi connectivity index (χ0v) is 8.93. The molecule has 0 fully saturated rings. The Kier molecular flexibility index (Phi) is 7.69. The number of carbonyl (C=O) groups excluding carboxylic acids is 1. The number of hydrogen-bond donors (Lipinski definition) is 1. The first-order valence-corrected chi connectivity index (χ1v) is 4.99. The lowest BCUT2D eigenvalue weighted by Crippen LogP contribution is -2.20. The minimum atomic E-state index is 0.0541. The number of ether oxygens (including phenoxy) is 1. The van der Waals surface area contributed by atoms with E-state index < -0.39 is 0 Å². The largest absolute Gasteiger partial charge is 0.379 e. The molecule has 0 aromatic rings. The summed E-state index contributed by atoms with van der Waals surface area (Å²) < 4.78 is 5.38. The maximum absolute atomic E-state index is 10.5. The molecule has 0 unspecified atom stereocenters. The summed E-state index contributed by atoms with van der Waals surface area (Å²) in [5, 5.41) is 2.77. The highest BCUT2D eigenvalue weighted by atomic mass is 16.5. The summed E-state index contributed by atoms with van der Waals surface area (Å²) >= 11 is 0. The predicted octanol–water partition coefficient (Wildman–Crippen LogP) is 1.72. The third kappa shape index (κ3) is 11.4. The second-order valence-corrected chi connectivity index (χ2v) is 3.46. The van der Waals surface area contributed by atoms with Crippen molar-refractivity contribution in [2.45, 2.75) is 46.1 Å². The molecule has 0 saturated carbocycles. The van der Waals surface area contributed by atoms with Gasteiger partial charge in [-0.25, -0.2) is 0 Å². The van der Waals surface area contributed by atoms with E-state index in [1.807, 2.05) is 13.8 Å². The lowest BCUT2D eigenvalue weighted by atomic mass is 10.2. The third-order valence-corrected chi connectivity index (χ3v) is 1.65. The lowest BCUT2D eigenvalue weighted by molar-refractivity contribution is -0.118. The van der Waals surface area contributed by atoms with Crippen molar-refractivity contribution in [2.75, 3.05) is 13.2 Å². The SMILES string of the molecule is CC(=O)NCCCCCOC(C)C. The molecule has 0 saturated heterocycles. The van der Waals surface area contributed by atoms with Crippen LogP contribution in [0.25, 0.3) is 0 Å². The molecule has 0 bridgehead atoms. The summed E-state index contributed by atoms with van der Waals surface area (Å²) in [6.45, 7) is 7.24. The van der Waals surface area contributed by atoms with E-state index in [4.69, 9.17) is 4.74 Å². The molecule has 13 heavy (non-hydrogen) atoms. The Morgan fingerprint density at radius 2 is 2.00 bits per heavy atom. The van der Waals surface area contributed by atoms with Gasteiger partial charge in [-0.2, -0.15) is 0 Å². The molecule has 0 spiro atoms. The Balaban J connectivity index is 2.96. The van der Waals surface area contributed by atoms with Crippen LogP contribution in [-0.4, -0.2) is 25.2 Å². The van der Waals surface area contributed by atoms with E-state index in [1.54, 1.807) is 6.92 Å². The number of unbranched alkanes of at least 4 members (excludes halogenated alkanes) is 2. The van der Waals surface area contributed by atoms with Crippen LogP contribution >= 0.6 is 0 Å². The summed E-state index contributed by atoms with van der Waals surface area (Å²) in [6, 6.07) is 0. The van der Waals surface area contributed by atoms with Crippen molar-refractivity contribution < 1.29 is 9.53 Å². The fourth-order valence-electron chi connectivity index (χ4n) is 0.987. The molecular weight excluding hydrogens is 166 g/mol. The number of amides is 1. The van der Waals surface area contributed by atoms with Gasteiger partial charge in [0.15, 0.2) is 0 Å². The minimum Gasteiger partial charge on any atom is -0.379 e. The lowest BCUT2D eigenvalue weighted by Gasteiger charge is -2.06. The molecule has 0 aromatic carbocycles. The molecule has 3 heteroatoms. The van der Waals surface area contributed by atoms with Gasteiger partial charge in [-0.3, -0.25) is 4.79 Å². The van der Waals surface area contributed by atoms with Gasteiger partial charge in [-0.15, -0.1) is 0 Å². The van der Waals surface area contributed by atoms with Crippen LogP contribution in [0.15, 0.2) is 0 Å². The van der Waals surface area contributed by atoms with Gasteiger partial charge in [0.1, 0.15) is 0 Å². The van der Waals surface area contributed by atoms with Crippen molar-refractivity contribution in [3.05, 3.63) is 0 Å². The second-order valence-electron chi connectivity index (χ2n) is 3.46. The molecule has 0 aliphatic heterocycles. The molecule has 0 radical (unpaired) electrons. The molecular formula is C10H21NO2. The summed E-state index contributed by atoms with van der Waals surface area (Å²) in [7, 11) is 0. The van der Waals surface area contributed by atoms with Crippen LogP contribution in [0.1, 0.15) is 40.0 Å². The number of rotatable bonds is 7. The predicted molar refractivity (Wildman–Crippen MR) is 53.6 cm³/mol. The zero-order valence-electron chi connectivity index (χ0n) is 8.93. The van der Waals surface area contributed by atoms with Gasteiger partial charge in [-0.1, -0.05) is 0 Å². The van der Waals surface area contributed by atoms with Crippen molar-refractivity contribution in [2.24, 2.45) is 0 Å². The van der Waals surface area contributed by atoms with Crippen LogP contribution in [-0.2, 0) is 9.53 Å². The van der Waals surface area contributed by atoms with Crippen LogP contribution in [0.3, 0.4) is 0 Å². The monoisotopic (exact) mass is 187 g/mol. The Morgan fingerprint density at radius 3 is 2.54 bits per heavy atom. The van der Waals surface area contributed by atoms with E-state index in [0.717, 1.165) is 32.4 Å². The Hall–Kier alpha value is -0.570. The first-order chi connectivity index (χ1) is 6.13. The van der Waals surface area contributed by atoms with Crippen molar-refractivity contribution in [3.63, 3.8) is 0 Å². The molecule has 1 N–H and O–H groups in total. The molecule has 0 aromatic heterocycles. The van der Waals surface area contributed by atoms with Crippen molar-refractivity contribution in [1.82, 2.24) is 5.32 Å². The maximum atomic E-state index is 10.5. The Bertz CT molecular complexity index is 135. The highest BCUT2D eigenvalue weighted by Crippen LogP contribution is 1.97. The minimum absolute atomic E-state index is 0.0541. The zero-order chi connectivity index (χ0) is 10.1. The second kappa shape index (κ2) is 8.05. The van der Waals surface area contributed by atoms with Crippen LogP contribution in [0.2, 0.25) is 0 Å². The molecule has 0 aliphatic carbocycles. The summed E-state index contributed by atoms with van der Waals surface area (Å²) in [6.07, 6.45) is 3.57. The van der Waals surface area contributed by atoms with Gasteiger partial charge in [-0.05, 0) is 33.1 Å². The quantitative estimate of drug-likeness (QED) is 0.616. The van der Waals surface area contributed by atoms with E-state index in [0.29, 0.717) is 6.10 Å². The Morgan fingerprint density at radius 1 is 1.31 bits per heavy atom. The normalized spacial score (nSPS) is 10.5. The standard InChI is InChI=1S/C10H21NO2/c1-9(2)13-8-6-4-5-7-11-10(3)12/h9H,4-8H2,1-3H3,(H,11,12). The highest BCUT2D eigenvalue weighted by molar-refractivity contribution is 5.72. The fraction of sp³-hybridized carbons (Fsp3) is 0.900. The van der Waals surface area contributed by atoms with Crippen LogP contribution in [0, 0.1) is 0 Å². The molecule has 0 atom stereocenters. The first kappa shape index (κ1) is 12.4. The van der Waals surface area contributed by atoms with Crippen LogP contribution in [0.4, 0.5) is 0 Å². The van der Waals surface area contributed by atoms with Gasteiger partial charge in [0.25, 0.3) is 0 Å². The average Bonchev–Trinajstić information content (AvgIpc) is 2.01. The van der Waals surface area contributed by atoms with Crippen LogP contribution in [0.5, 0.6) is 0 Å². The molecule has 78 valence electrons. The average molecular weight is 187 g/mol. The highest BCUT2D eigenvalue weighted by Gasteiger charge is 1.94. The smallest absolute Gasteiger partial charge is 0.216 e. The summed E-state index contributed by atoms with van der Waals surface area (Å²) in [5.41, 5.74) is 0. The van der Waals surface area contributed by atoms with Gasteiger partial charge >= 0.3 is 0 Å². The van der Waals surface area contributed by atoms with Gasteiger partial charge < -0.3 is 10.1 Å². The Labute approximate surface area is 80.8 Å². The van der Waals surface area contributed by atoms with E-state index in [2.05, 4.69) is 5.32 Å². The van der Waals surface area contributed by atoms with E-state index in [1.165, 1.54) is 0 Å². The van der Waals surface area contributed by atoms with Crippen LogP contribution < -0.4 is 5.32 Å². The van der Waals surface area contributed by atoms with E-state index in [-0.39, 0.29) is 5.91 Å². The summed E-state index contributed by atoms with van der Waals surface area (Å²) in [5.74, 6) is 0.0541. The third-order valence-electron chi connectivity index (χ3n) is 1.65. The van der Waals surface area contributed by atoms with E-state index in [9.17, 15) is 4.79 Å². The van der Waals surface area contributed by atoms with Crippen molar-refractivity contribution in [1.29, 1.82) is 0 Å². The van der Waals surface area contributed by atoms with Gasteiger partial charge in [0.2, 0.25) is 5.91 Å². The molecule has 3 nitrogen and oxygen atoms in total. The molecule has 0 rings (SSSR count). The fourth-order valence-corrected chi connectivity index (χ4v) is 0.987. The number of nitrogens with one attached hydrogen (secondary N) is 1. The number of carbonyl (C=O) groups is 1. The van der Waals surface area contributed by atoms with Crippen molar-refractivity contribution in [3.8, 4) is 0 Å². The van der Waals surface area contributed by atoms with E-state index >= 15 is 0 Å². The van der Waals surface area contributed by atoms with Gasteiger partial charge in [0.05, 0.1) is 6.10 Å². The summed E-state index contributed by atoms with van der Waals surface area (Å²) in [4.78, 5) is 10.5. The van der Waals surface area contributed by atoms with Gasteiger partial charge in [0, 0.05) is 20.1 Å².